The third-order valence-electron chi connectivity index (χ3n) is 5.49. The van der Waals surface area contributed by atoms with E-state index in [1.807, 2.05) is 43.3 Å². The van der Waals surface area contributed by atoms with Gasteiger partial charge in [-0.3, -0.25) is 0 Å². The number of hydrogen-bond donors (Lipinski definition) is 1. The minimum Gasteiger partial charge on any atom is -0.341 e. The number of anilines is 1. The normalized spacial score (nSPS) is 15.8. The Labute approximate surface area is 165 Å². The second-order valence-electron chi connectivity index (χ2n) is 7.63. The number of halogens is 1. The smallest absolute Gasteiger partial charge is 0.225 e. The van der Waals surface area contributed by atoms with Gasteiger partial charge in [-0.25, -0.2) is 14.4 Å². The van der Waals surface area contributed by atoms with Crippen LogP contribution in [0.1, 0.15) is 49.2 Å². The highest BCUT2D eigenvalue weighted by Crippen LogP contribution is 2.26. The first-order valence-electron chi connectivity index (χ1n) is 10.1. The topological polar surface area (TPSA) is 41.1 Å². The summed E-state index contributed by atoms with van der Waals surface area (Å²) in [5.41, 5.74) is 3.08. The Morgan fingerprint density at radius 2 is 1.79 bits per heavy atom. The summed E-state index contributed by atoms with van der Waals surface area (Å²) in [5.74, 6) is 0.667. The Balaban J connectivity index is 1.52. The standard InChI is InChI=1S/C23H27FN4/c1-16-14-18(27-23(26-16)28-12-6-3-7-13-28)15-25-17(2)19-10-11-22(24)21-9-5-4-8-20(19)21/h4-5,8-11,14,17,25H,3,6-7,12-13,15H2,1-2H3. The van der Waals surface area contributed by atoms with Crippen LogP contribution < -0.4 is 10.2 Å². The quantitative estimate of drug-likeness (QED) is 0.684. The van der Waals surface area contributed by atoms with Gasteiger partial charge in [0.2, 0.25) is 5.95 Å². The highest BCUT2D eigenvalue weighted by atomic mass is 19.1. The van der Waals surface area contributed by atoms with Gasteiger partial charge in [0.25, 0.3) is 0 Å². The Morgan fingerprint density at radius 3 is 2.57 bits per heavy atom. The molecule has 0 bridgehead atoms. The van der Waals surface area contributed by atoms with Crippen LogP contribution in [0, 0.1) is 12.7 Å². The van der Waals surface area contributed by atoms with E-state index in [1.54, 1.807) is 6.07 Å². The van der Waals surface area contributed by atoms with E-state index in [4.69, 9.17) is 4.98 Å². The van der Waals surface area contributed by atoms with Gasteiger partial charge in [-0.1, -0.05) is 30.3 Å². The zero-order valence-corrected chi connectivity index (χ0v) is 16.6. The van der Waals surface area contributed by atoms with Crippen LogP contribution in [0.25, 0.3) is 10.8 Å². The minimum absolute atomic E-state index is 0.0826. The summed E-state index contributed by atoms with van der Waals surface area (Å²) in [6, 6.07) is 13.2. The lowest BCUT2D eigenvalue weighted by atomic mass is 9.99. The predicted octanol–water partition coefficient (Wildman–Crippen LogP) is 4.92. The van der Waals surface area contributed by atoms with Crippen molar-refractivity contribution in [3.8, 4) is 0 Å². The van der Waals surface area contributed by atoms with Crippen LogP contribution in [0.2, 0.25) is 0 Å². The average molecular weight is 378 g/mol. The third kappa shape index (κ3) is 3.99. The lowest BCUT2D eigenvalue weighted by Gasteiger charge is -2.27. The monoisotopic (exact) mass is 378 g/mol. The second kappa shape index (κ2) is 8.23. The van der Waals surface area contributed by atoms with Gasteiger partial charge < -0.3 is 10.2 Å². The van der Waals surface area contributed by atoms with E-state index in [9.17, 15) is 4.39 Å². The Bertz CT molecular complexity index is 966. The molecule has 4 nitrogen and oxygen atoms in total. The van der Waals surface area contributed by atoms with Gasteiger partial charge in [0.05, 0.1) is 5.69 Å². The molecule has 1 unspecified atom stereocenters. The fraction of sp³-hybridized carbons (Fsp3) is 0.391. The maximum atomic E-state index is 14.1. The molecule has 146 valence electrons. The fourth-order valence-electron chi connectivity index (χ4n) is 3.97. The molecule has 2 heterocycles. The molecule has 1 aliphatic rings. The van der Waals surface area contributed by atoms with Gasteiger partial charge in [-0.2, -0.15) is 0 Å². The second-order valence-corrected chi connectivity index (χ2v) is 7.63. The third-order valence-corrected chi connectivity index (χ3v) is 5.49. The molecule has 0 aliphatic carbocycles. The maximum Gasteiger partial charge on any atom is 0.225 e. The summed E-state index contributed by atoms with van der Waals surface area (Å²) in [5, 5.41) is 5.17. The van der Waals surface area contributed by atoms with Crippen molar-refractivity contribution in [2.45, 2.75) is 45.7 Å². The van der Waals surface area contributed by atoms with Crippen LogP contribution in [0.5, 0.6) is 0 Å². The molecule has 1 aromatic heterocycles. The Hall–Kier alpha value is -2.53. The molecule has 0 spiro atoms. The predicted molar refractivity (Wildman–Crippen MR) is 112 cm³/mol. The molecule has 2 aromatic carbocycles. The van der Waals surface area contributed by atoms with E-state index < -0.39 is 0 Å². The van der Waals surface area contributed by atoms with E-state index in [0.29, 0.717) is 11.9 Å². The molecule has 1 aliphatic heterocycles. The summed E-state index contributed by atoms with van der Waals surface area (Å²) < 4.78 is 14.1. The molecule has 3 aromatic rings. The van der Waals surface area contributed by atoms with Gasteiger partial charge in [0.15, 0.2) is 0 Å². The number of nitrogens with zero attached hydrogens (tertiary/aromatic N) is 3. The molecule has 28 heavy (non-hydrogen) atoms. The molecule has 4 rings (SSSR count). The van der Waals surface area contributed by atoms with Crippen molar-refractivity contribution < 1.29 is 4.39 Å². The molecule has 0 amide bonds. The highest BCUT2D eigenvalue weighted by Gasteiger charge is 2.16. The van der Waals surface area contributed by atoms with Crippen LogP contribution in [0.3, 0.4) is 0 Å². The summed E-state index contributed by atoms with van der Waals surface area (Å²) >= 11 is 0. The number of benzene rings is 2. The average Bonchev–Trinajstić information content (AvgIpc) is 2.73. The van der Waals surface area contributed by atoms with E-state index >= 15 is 0 Å². The number of piperidine rings is 1. The lowest BCUT2D eigenvalue weighted by molar-refractivity contribution is 0.555. The van der Waals surface area contributed by atoms with Gasteiger partial charge in [0, 0.05) is 36.8 Å². The molecule has 1 fully saturated rings. The first-order valence-corrected chi connectivity index (χ1v) is 10.1. The van der Waals surface area contributed by atoms with Gasteiger partial charge in [0.1, 0.15) is 5.82 Å². The van der Waals surface area contributed by atoms with Crippen molar-refractivity contribution in [3.63, 3.8) is 0 Å². The molecule has 1 N–H and O–H groups in total. The highest BCUT2D eigenvalue weighted by molar-refractivity contribution is 5.86. The van der Waals surface area contributed by atoms with Crippen LogP contribution in [0.4, 0.5) is 10.3 Å². The SMILES string of the molecule is Cc1cc(CNC(C)c2ccc(F)c3ccccc23)nc(N2CCCCC2)n1. The number of aryl methyl sites for hydroxylation is 1. The fourth-order valence-corrected chi connectivity index (χ4v) is 3.97. The van der Waals surface area contributed by atoms with E-state index in [0.717, 1.165) is 41.4 Å². The Morgan fingerprint density at radius 1 is 1.04 bits per heavy atom. The maximum absolute atomic E-state index is 14.1. The van der Waals surface area contributed by atoms with Crippen LogP contribution in [-0.2, 0) is 6.54 Å². The van der Waals surface area contributed by atoms with Crippen LogP contribution in [0.15, 0.2) is 42.5 Å². The molecular formula is C23H27FN4. The molecule has 1 saturated heterocycles. The lowest BCUT2D eigenvalue weighted by Crippen LogP contribution is -2.31. The molecule has 5 heteroatoms. The summed E-state index contributed by atoms with van der Waals surface area (Å²) in [6.07, 6.45) is 3.71. The van der Waals surface area contributed by atoms with E-state index in [1.165, 1.54) is 19.3 Å². The van der Waals surface area contributed by atoms with E-state index in [-0.39, 0.29) is 11.9 Å². The summed E-state index contributed by atoms with van der Waals surface area (Å²) in [7, 11) is 0. The molecular weight excluding hydrogens is 351 g/mol. The molecule has 0 radical (unpaired) electrons. The van der Waals surface area contributed by atoms with Crippen molar-refractivity contribution >= 4 is 16.7 Å². The van der Waals surface area contributed by atoms with Crippen LogP contribution in [-0.4, -0.2) is 23.1 Å². The number of fused-ring (bicyclic) bond motifs is 1. The first kappa shape index (κ1) is 18.8. The van der Waals surface area contributed by atoms with Crippen molar-refractivity contribution in [3.05, 3.63) is 65.2 Å². The largest absolute Gasteiger partial charge is 0.341 e. The van der Waals surface area contributed by atoms with E-state index in [2.05, 4.69) is 22.1 Å². The van der Waals surface area contributed by atoms with Gasteiger partial charge >= 0.3 is 0 Å². The van der Waals surface area contributed by atoms with Crippen molar-refractivity contribution in [1.29, 1.82) is 0 Å². The van der Waals surface area contributed by atoms with Gasteiger partial charge in [-0.15, -0.1) is 0 Å². The zero-order chi connectivity index (χ0) is 19.5. The van der Waals surface area contributed by atoms with Crippen molar-refractivity contribution in [2.75, 3.05) is 18.0 Å². The molecule has 0 saturated carbocycles. The number of nitrogens with one attached hydrogen (secondary N) is 1. The number of aromatic nitrogens is 2. The summed E-state index contributed by atoms with van der Waals surface area (Å²) in [6.45, 7) is 6.86. The van der Waals surface area contributed by atoms with Crippen LogP contribution >= 0.6 is 0 Å². The zero-order valence-electron chi connectivity index (χ0n) is 16.6. The van der Waals surface area contributed by atoms with Crippen molar-refractivity contribution in [1.82, 2.24) is 15.3 Å². The minimum atomic E-state index is -0.177. The summed E-state index contributed by atoms with van der Waals surface area (Å²) in [4.78, 5) is 11.7. The van der Waals surface area contributed by atoms with Gasteiger partial charge in [-0.05, 0) is 56.2 Å². The molecule has 1 atom stereocenters. The number of rotatable bonds is 5. The first-order chi connectivity index (χ1) is 13.6. The number of hydrogen-bond acceptors (Lipinski definition) is 4. The van der Waals surface area contributed by atoms with Crippen molar-refractivity contribution in [2.24, 2.45) is 0 Å². The Kier molecular flexibility index (Phi) is 5.53.